The molecule has 0 heterocycles. The fourth-order valence-corrected chi connectivity index (χ4v) is 3.76. The number of esters is 1. The zero-order valence-corrected chi connectivity index (χ0v) is 21.0. The molecule has 170 valence electrons. The topological polar surface area (TPSA) is 72.9 Å². The normalized spacial score (nSPS) is 12.6. The number of para-hydroxylation sites is 1. The SMILES string of the molecule is CC(C)OC(=O)C(C(C)C)N(CCO[Si](C)(C)C(C)(C)C)c1ccccc1.O=C=O. The highest BCUT2D eigenvalue weighted by Gasteiger charge is 2.38. The van der Waals surface area contributed by atoms with E-state index in [1.807, 2.05) is 44.2 Å². The van der Waals surface area contributed by atoms with Crippen LogP contribution in [0.3, 0.4) is 0 Å². The molecular weight excluding hydrogens is 398 g/mol. The van der Waals surface area contributed by atoms with E-state index in [4.69, 9.17) is 18.8 Å². The Morgan fingerprint density at radius 1 is 1.07 bits per heavy atom. The van der Waals surface area contributed by atoms with Crippen molar-refractivity contribution in [3.8, 4) is 0 Å². The van der Waals surface area contributed by atoms with Gasteiger partial charge in [0.05, 0.1) is 12.7 Å². The average Bonchev–Trinajstić information content (AvgIpc) is 2.60. The molecule has 0 saturated carbocycles. The van der Waals surface area contributed by atoms with Gasteiger partial charge in [-0.3, -0.25) is 0 Å². The summed E-state index contributed by atoms with van der Waals surface area (Å²) in [5.74, 6) is -0.0412. The summed E-state index contributed by atoms with van der Waals surface area (Å²) in [5, 5.41) is 0.165. The lowest BCUT2D eigenvalue weighted by atomic mass is 10.0. The van der Waals surface area contributed by atoms with Gasteiger partial charge in [-0.1, -0.05) is 52.8 Å². The molecule has 1 aromatic rings. The van der Waals surface area contributed by atoms with Crippen molar-refractivity contribution in [1.82, 2.24) is 0 Å². The van der Waals surface area contributed by atoms with Crippen LogP contribution in [0, 0.1) is 5.92 Å². The largest absolute Gasteiger partial charge is 0.461 e. The molecule has 0 saturated heterocycles. The first kappa shape index (κ1) is 28.0. The molecule has 0 fully saturated rings. The van der Waals surface area contributed by atoms with Crippen molar-refractivity contribution >= 4 is 26.1 Å². The van der Waals surface area contributed by atoms with Gasteiger partial charge in [0.1, 0.15) is 6.04 Å². The standard InChI is InChI=1S/C22H39NO3Si.CO2/c1-17(2)20(21(24)26-18(3)4)23(19-13-11-10-12-14-19)15-16-25-27(8,9)22(5,6)7;2-1-3/h10-14,17-18,20H,15-16H2,1-9H3;. The second-order valence-corrected chi connectivity index (χ2v) is 14.2. The number of hydrogen-bond acceptors (Lipinski definition) is 6. The third kappa shape index (κ3) is 9.24. The summed E-state index contributed by atoms with van der Waals surface area (Å²) >= 11 is 0. The summed E-state index contributed by atoms with van der Waals surface area (Å²) in [6.45, 7) is 20.4. The summed E-state index contributed by atoms with van der Waals surface area (Å²) in [6, 6.07) is 9.75. The molecule has 30 heavy (non-hydrogen) atoms. The van der Waals surface area contributed by atoms with Crippen LogP contribution >= 0.6 is 0 Å². The van der Waals surface area contributed by atoms with E-state index < -0.39 is 8.32 Å². The van der Waals surface area contributed by atoms with Gasteiger partial charge in [-0.2, -0.15) is 9.59 Å². The highest BCUT2D eigenvalue weighted by Crippen LogP contribution is 2.36. The Hall–Kier alpha value is -1.95. The van der Waals surface area contributed by atoms with Crippen molar-refractivity contribution in [2.24, 2.45) is 5.92 Å². The smallest absolute Gasteiger partial charge is 0.373 e. The fraction of sp³-hybridized carbons (Fsp3) is 0.652. The molecule has 0 aliphatic carbocycles. The van der Waals surface area contributed by atoms with E-state index in [-0.39, 0.29) is 35.2 Å². The molecule has 0 radical (unpaired) electrons. The van der Waals surface area contributed by atoms with E-state index in [1.165, 1.54) is 0 Å². The molecule has 0 bridgehead atoms. The van der Waals surface area contributed by atoms with Crippen LogP contribution in [-0.4, -0.2) is 45.7 Å². The summed E-state index contributed by atoms with van der Waals surface area (Å²) in [6.07, 6.45) is 0.125. The van der Waals surface area contributed by atoms with Crippen LogP contribution in [0.1, 0.15) is 48.5 Å². The van der Waals surface area contributed by atoms with Crippen molar-refractivity contribution in [3.63, 3.8) is 0 Å². The van der Waals surface area contributed by atoms with Crippen LogP contribution in [0.25, 0.3) is 0 Å². The minimum Gasteiger partial charge on any atom is -0.461 e. The summed E-state index contributed by atoms with van der Waals surface area (Å²) < 4.78 is 11.9. The first-order chi connectivity index (χ1) is 13.8. The van der Waals surface area contributed by atoms with Gasteiger partial charge in [-0.25, -0.2) is 4.79 Å². The molecule has 0 aromatic heterocycles. The molecule has 0 spiro atoms. The van der Waals surface area contributed by atoms with E-state index in [2.05, 4.69) is 52.6 Å². The Labute approximate surface area is 183 Å². The summed E-state index contributed by atoms with van der Waals surface area (Å²) in [4.78, 5) is 31.2. The van der Waals surface area contributed by atoms with Gasteiger partial charge in [0.25, 0.3) is 0 Å². The van der Waals surface area contributed by atoms with Crippen LogP contribution in [0.5, 0.6) is 0 Å². The highest BCUT2D eigenvalue weighted by atomic mass is 28.4. The first-order valence-corrected chi connectivity index (χ1v) is 13.3. The molecule has 0 aliphatic heterocycles. The number of carbonyl (C=O) groups is 1. The minimum absolute atomic E-state index is 0.125. The van der Waals surface area contributed by atoms with Gasteiger partial charge in [-0.15, -0.1) is 0 Å². The van der Waals surface area contributed by atoms with Gasteiger partial charge >= 0.3 is 12.1 Å². The Morgan fingerprint density at radius 3 is 1.97 bits per heavy atom. The Morgan fingerprint density at radius 2 is 1.57 bits per heavy atom. The molecular formula is C23H39NO5Si. The number of rotatable bonds is 9. The number of anilines is 1. The van der Waals surface area contributed by atoms with Gasteiger partial charge < -0.3 is 14.1 Å². The monoisotopic (exact) mass is 437 g/mol. The van der Waals surface area contributed by atoms with Crippen LogP contribution in [0.15, 0.2) is 30.3 Å². The molecule has 1 aromatic carbocycles. The van der Waals surface area contributed by atoms with Crippen molar-refractivity contribution in [3.05, 3.63) is 30.3 Å². The predicted octanol–water partition coefficient (Wildman–Crippen LogP) is 4.91. The first-order valence-electron chi connectivity index (χ1n) is 10.4. The van der Waals surface area contributed by atoms with Crippen molar-refractivity contribution in [2.75, 3.05) is 18.1 Å². The Balaban J connectivity index is 0.00000263. The van der Waals surface area contributed by atoms with E-state index >= 15 is 0 Å². The third-order valence-electron chi connectivity index (χ3n) is 5.25. The fourth-order valence-electron chi connectivity index (χ4n) is 2.73. The molecule has 1 atom stereocenters. The lowest BCUT2D eigenvalue weighted by molar-refractivity contribution is -0.191. The maximum Gasteiger partial charge on any atom is 0.373 e. The molecule has 0 aliphatic rings. The van der Waals surface area contributed by atoms with Crippen LogP contribution in [-0.2, 0) is 23.5 Å². The number of nitrogens with zero attached hydrogens (tertiary/aromatic N) is 1. The second-order valence-electron chi connectivity index (χ2n) is 9.40. The number of hydrogen-bond donors (Lipinski definition) is 0. The van der Waals surface area contributed by atoms with E-state index in [9.17, 15) is 4.79 Å². The minimum atomic E-state index is -1.83. The molecule has 6 nitrogen and oxygen atoms in total. The van der Waals surface area contributed by atoms with Crippen molar-refractivity contribution < 1.29 is 23.5 Å². The Kier molecular flexibility index (Phi) is 11.9. The second kappa shape index (κ2) is 12.7. The predicted molar refractivity (Wildman–Crippen MR) is 122 cm³/mol. The number of carbonyl (C=O) groups excluding carboxylic acids is 3. The molecule has 1 unspecified atom stereocenters. The zero-order valence-electron chi connectivity index (χ0n) is 20.0. The average molecular weight is 438 g/mol. The number of benzene rings is 1. The molecule has 7 heteroatoms. The van der Waals surface area contributed by atoms with Crippen molar-refractivity contribution in [2.45, 2.75) is 78.7 Å². The van der Waals surface area contributed by atoms with E-state index in [0.717, 1.165) is 5.69 Å². The van der Waals surface area contributed by atoms with Gasteiger partial charge in [0, 0.05) is 12.2 Å². The highest BCUT2D eigenvalue weighted by molar-refractivity contribution is 6.74. The van der Waals surface area contributed by atoms with Gasteiger partial charge in [0.15, 0.2) is 8.32 Å². The number of ether oxygens (including phenoxy) is 1. The molecule has 0 N–H and O–H groups in total. The van der Waals surface area contributed by atoms with Gasteiger partial charge in [0.2, 0.25) is 0 Å². The molecule has 1 rings (SSSR count). The van der Waals surface area contributed by atoms with Crippen LogP contribution in [0.4, 0.5) is 5.69 Å². The van der Waals surface area contributed by atoms with E-state index in [0.29, 0.717) is 13.2 Å². The summed E-state index contributed by atoms with van der Waals surface area (Å²) in [7, 11) is -1.83. The zero-order chi connectivity index (χ0) is 23.5. The van der Waals surface area contributed by atoms with Gasteiger partial charge in [-0.05, 0) is 50.0 Å². The van der Waals surface area contributed by atoms with Crippen molar-refractivity contribution in [1.29, 1.82) is 0 Å². The lowest BCUT2D eigenvalue weighted by Crippen LogP contribution is -2.49. The molecule has 0 amide bonds. The van der Waals surface area contributed by atoms with E-state index in [1.54, 1.807) is 0 Å². The Bertz CT molecular complexity index is 662. The van der Waals surface area contributed by atoms with Crippen LogP contribution in [0.2, 0.25) is 18.1 Å². The quantitative estimate of drug-likeness (QED) is 0.404. The summed E-state index contributed by atoms with van der Waals surface area (Å²) in [5.41, 5.74) is 1.02. The maximum absolute atomic E-state index is 12.8. The maximum atomic E-state index is 12.8. The van der Waals surface area contributed by atoms with Crippen LogP contribution < -0.4 is 4.90 Å². The third-order valence-corrected chi connectivity index (χ3v) is 9.79. The lowest BCUT2D eigenvalue weighted by Gasteiger charge is -2.39.